The Morgan fingerprint density at radius 1 is 1.35 bits per heavy atom. The number of carboxylic acids is 1. The molecular weight excluding hydrogens is 442 g/mol. The molecule has 1 aromatic carbocycles. The molecule has 10 nitrogen and oxygen atoms in total. The summed E-state index contributed by atoms with van der Waals surface area (Å²) in [5, 5.41) is 25.2. The zero-order valence-corrected chi connectivity index (χ0v) is 20.1. The molecule has 4 atom stereocenters. The first-order valence-corrected chi connectivity index (χ1v) is 11.5. The molecule has 0 aromatic heterocycles. The van der Waals surface area contributed by atoms with Crippen molar-refractivity contribution < 1.29 is 29.1 Å². The third-order valence-corrected chi connectivity index (χ3v) is 6.70. The van der Waals surface area contributed by atoms with Gasteiger partial charge in [0.1, 0.15) is 6.61 Å². The number of rotatable bonds is 8. The number of allylic oxidation sites excluding steroid dienone is 1. The Labute approximate surface area is 199 Å². The molecule has 0 radical (unpaired) electrons. The molecule has 0 amide bonds. The zero-order chi connectivity index (χ0) is 25.0. The Balaban J connectivity index is 2.14. The van der Waals surface area contributed by atoms with Crippen LogP contribution in [0.25, 0.3) is 0 Å². The molecule has 2 N–H and O–H groups in total. The second-order valence-corrected chi connectivity index (χ2v) is 9.39. The Morgan fingerprint density at radius 2 is 2.09 bits per heavy atom. The average Bonchev–Trinajstić information content (AvgIpc) is 2.78. The van der Waals surface area contributed by atoms with E-state index in [1.165, 1.54) is 18.2 Å². The first-order valence-electron chi connectivity index (χ1n) is 11.5. The summed E-state index contributed by atoms with van der Waals surface area (Å²) in [6.45, 7) is 4.67. The van der Waals surface area contributed by atoms with E-state index in [1.54, 1.807) is 19.9 Å². The Morgan fingerprint density at radius 3 is 2.68 bits per heavy atom. The number of carbonyl (C=O) groups is 2. The van der Waals surface area contributed by atoms with Crippen LogP contribution in [0.15, 0.2) is 35.5 Å². The topological polar surface area (TPSA) is 131 Å². The van der Waals surface area contributed by atoms with Gasteiger partial charge < -0.3 is 24.8 Å². The van der Waals surface area contributed by atoms with Gasteiger partial charge in [0.15, 0.2) is 0 Å². The van der Waals surface area contributed by atoms with Crippen molar-refractivity contribution in [3.05, 3.63) is 51.2 Å². The lowest BCUT2D eigenvalue weighted by Gasteiger charge is -2.50. The van der Waals surface area contributed by atoms with E-state index in [2.05, 4.69) is 5.32 Å². The van der Waals surface area contributed by atoms with Crippen LogP contribution in [-0.2, 0) is 19.1 Å². The summed E-state index contributed by atoms with van der Waals surface area (Å²) in [4.78, 5) is 38.8. The monoisotopic (exact) mass is 475 g/mol. The van der Waals surface area contributed by atoms with Crippen LogP contribution >= 0.6 is 0 Å². The number of non-ortho nitro benzene ring substituents is 1. The van der Waals surface area contributed by atoms with Gasteiger partial charge in [-0.25, -0.2) is 4.79 Å². The quantitative estimate of drug-likeness (QED) is 0.331. The summed E-state index contributed by atoms with van der Waals surface area (Å²) in [5.74, 6) is -3.84. The standard InChI is InChI=1S/C24H33N3O7/c1-15-19(23(30)34-13-11-26(3)4)20(16-8-7-9-17(14-16)27(31)32)21(22(28)29)24(2,25-15)18-10-5-6-12-33-18/h7-9,14,18,20-21,25H,5-6,10-13H2,1-4H3,(H,28,29)/t18?,20-,21?,24?/m0/s1. The highest BCUT2D eigenvalue weighted by molar-refractivity contribution is 5.93. The summed E-state index contributed by atoms with van der Waals surface area (Å²) in [6, 6.07) is 5.82. The molecule has 2 aliphatic rings. The van der Waals surface area contributed by atoms with Crippen LogP contribution in [0.1, 0.15) is 44.6 Å². The van der Waals surface area contributed by atoms with Gasteiger partial charge in [-0.1, -0.05) is 12.1 Å². The highest BCUT2D eigenvalue weighted by Gasteiger charge is 2.55. The second-order valence-electron chi connectivity index (χ2n) is 9.39. The van der Waals surface area contributed by atoms with Gasteiger partial charge in [-0.2, -0.15) is 0 Å². The van der Waals surface area contributed by atoms with E-state index < -0.39 is 40.3 Å². The van der Waals surface area contributed by atoms with Crippen molar-refractivity contribution in [2.75, 3.05) is 33.9 Å². The Bertz CT molecular complexity index is 971. The molecule has 34 heavy (non-hydrogen) atoms. The predicted molar refractivity (Wildman–Crippen MR) is 124 cm³/mol. The number of ether oxygens (including phenoxy) is 2. The third kappa shape index (κ3) is 5.23. The molecule has 0 saturated carbocycles. The fourth-order valence-corrected chi connectivity index (χ4v) is 5.06. The Hall–Kier alpha value is -2.98. The lowest BCUT2D eigenvalue weighted by atomic mass is 9.64. The van der Waals surface area contributed by atoms with Gasteiger partial charge in [-0.05, 0) is 52.8 Å². The van der Waals surface area contributed by atoms with Crippen molar-refractivity contribution in [3.8, 4) is 0 Å². The molecule has 2 aliphatic heterocycles. The molecule has 10 heteroatoms. The maximum atomic E-state index is 13.3. The highest BCUT2D eigenvalue weighted by Crippen LogP contribution is 2.47. The molecule has 1 aromatic rings. The summed E-state index contributed by atoms with van der Waals surface area (Å²) < 4.78 is 11.5. The maximum Gasteiger partial charge on any atom is 0.336 e. The van der Waals surface area contributed by atoms with E-state index in [-0.39, 0.29) is 17.9 Å². The first kappa shape index (κ1) is 25.6. The first-order chi connectivity index (χ1) is 16.1. The molecule has 2 heterocycles. The SMILES string of the molecule is CC1=C(C(=O)OCCN(C)C)[C@H](c2cccc([N+](=O)[O-])c2)C(C(=O)O)C(C)(C2CCCCO2)N1. The lowest BCUT2D eigenvalue weighted by Crippen LogP contribution is -2.64. The number of nitrogens with zero attached hydrogens (tertiary/aromatic N) is 2. The molecular formula is C24H33N3O7. The molecule has 0 bridgehead atoms. The normalized spacial score (nSPS) is 27.3. The van der Waals surface area contributed by atoms with Gasteiger partial charge in [-0.15, -0.1) is 0 Å². The van der Waals surface area contributed by atoms with Gasteiger partial charge in [0.25, 0.3) is 5.69 Å². The van der Waals surface area contributed by atoms with Crippen LogP contribution in [0.2, 0.25) is 0 Å². The van der Waals surface area contributed by atoms with Crippen molar-refractivity contribution in [3.63, 3.8) is 0 Å². The largest absolute Gasteiger partial charge is 0.481 e. The van der Waals surface area contributed by atoms with Gasteiger partial charge >= 0.3 is 11.9 Å². The predicted octanol–water partition coefficient (Wildman–Crippen LogP) is 2.69. The lowest BCUT2D eigenvalue weighted by molar-refractivity contribution is -0.384. The minimum absolute atomic E-state index is 0.130. The van der Waals surface area contributed by atoms with E-state index in [1.807, 2.05) is 19.0 Å². The number of carbonyl (C=O) groups excluding carboxylic acids is 1. The van der Waals surface area contributed by atoms with Crippen LogP contribution in [-0.4, -0.2) is 72.4 Å². The van der Waals surface area contributed by atoms with E-state index in [0.29, 0.717) is 30.8 Å². The van der Waals surface area contributed by atoms with Crippen LogP contribution in [0.4, 0.5) is 5.69 Å². The van der Waals surface area contributed by atoms with Crippen LogP contribution in [0.5, 0.6) is 0 Å². The van der Waals surface area contributed by atoms with E-state index in [9.17, 15) is 24.8 Å². The van der Waals surface area contributed by atoms with Crippen LogP contribution in [0.3, 0.4) is 0 Å². The number of nitro groups is 1. The maximum absolute atomic E-state index is 13.3. The summed E-state index contributed by atoms with van der Waals surface area (Å²) in [5.41, 5.74) is -0.183. The number of likely N-dealkylation sites (N-methyl/N-ethyl adjacent to an activating group) is 1. The fourth-order valence-electron chi connectivity index (χ4n) is 5.06. The van der Waals surface area contributed by atoms with Crippen molar-refractivity contribution in [2.24, 2.45) is 5.92 Å². The van der Waals surface area contributed by atoms with Gasteiger partial charge in [0.05, 0.1) is 28.1 Å². The molecule has 1 fully saturated rings. The number of esters is 1. The molecule has 0 aliphatic carbocycles. The minimum Gasteiger partial charge on any atom is -0.481 e. The minimum atomic E-state index is -1.13. The smallest absolute Gasteiger partial charge is 0.336 e. The highest BCUT2D eigenvalue weighted by atomic mass is 16.6. The third-order valence-electron chi connectivity index (χ3n) is 6.70. The van der Waals surface area contributed by atoms with Crippen LogP contribution in [0, 0.1) is 16.0 Å². The summed E-state index contributed by atoms with van der Waals surface area (Å²) in [6.07, 6.45) is 2.07. The van der Waals surface area contributed by atoms with Crippen LogP contribution < -0.4 is 5.32 Å². The van der Waals surface area contributed by atoms with Crippen molar-refractivity contribution in [2.45, 2.75) is 50.7 Å². The fraction of sp³-hybridized carbons (Fsp3) is 0.583. The summed E-state index contributed by atoms with van der Waals surface area (Å²) in [7, 11) is 3.70. The number of hydrogen-bond acceptors (Lipinski definition) is 8. The number of carboxylic acid groups (broad SMARTS) is 1. The molecule has 1 saturated heterocycles. The number of hydrogen-bond donors (Lipinski definition) is 2. The number of nitrogens with one attached hydrogen (secondary N) is 1. The van der Waals surface area contributed by atoms with E-state index in [0.717, 1.165) is 12.8 Å². The zero-order valence-electron chi connectivity index (χ0n) is 20.1. The molecule has 3 unspecified atom stereocenters. The number of benzene rings is 1. The second kappa shape index (κ2) is 10.5. The summed E-state index contributed by atoms with van der Waals surface area (Å²) >= 11 is 0. The van der Waals surface area contributed by atoms with Gasteiger partial charge in [0, 0.05) is 36.9 Å². The molecule has 0 spiro atoms. The van der Waals surface area contributed by atoms with Gasteiger partial charge in [0.2, 0.25) is 0 Å². The van der Waals surface area contributed by atoms with E-state index in [4.69, 9.17) is 9.47 Å². The van der Waals surface area contributed by atoms with Crippen molar-refractivity contribution >= 4 is 17.6 Å². The van der Waals surface area contributed by atoms with Gasteiger partial charge in [-0.3, -0.25) is 14.9 Å². The Kier molecular flexibility index (Phi) is 7.93. The molecule has 3 rings (SSSR count). The number of nitro benzene ring substituents is 1. The van der Waals surface area contributed by atoms with Crippen molar-refractivity contribution in [1.82, 2.24) is 10.2 Å². The molecule has 186 valence electrons. The average molecular weight is 476 g/mol. The van der Waals surface area contributed by atoms with E-state index >= 15 is 0 Å². The van der Waals surface area contributed by atoms with Crippen molar-refractivity contribution in [1.29, 1.82) is 0 Å². The number of aliphatic carboxylic acids is 1.